The summed E-state index contributed by atoms with van der Waals surface area (Å²) in [5, 5.41) is 23.4. The summed E-state index contributed by atoms with van der Waals surface area (Å²) < 4.78 is 11.6. The van der Waals surface area contributed by atoms with Crippen molar-refractivity contribution in [3.05, 3.63) is 64.7 Å². The number of carboxylic acids is 1. The Morgan fingerprint density at radius 1 is 1.14 bits per heavy atom. The summed E-state index contributed by atoms with van der Waals surface area (Å²) in [5.41, 5.74) is 4.62. The molecule has 0 saturated heterocycles. The number of fused-ring (bicyclic) bond motifs is 1. The van der Waals surface area contributed by atoms with E-state index in [1.807, 2.05) is 25.1 Å². The lowest BCUT2D eigenvalue weighted by Crippen LogP contribution is -2.45. The minimum atomic E-state index is -0.846. The van der Waals surface area contributed by atoms with E-state index in [0.717, 1.165) is 30.4 Å². The number of nitrogens with one attached hydrogen (secondary N) is 1. The second kappa shape index (κ2) is 12.5. The Kier molecular flexibility index (Phi) is 9.72. The summed E-state index contributed by atoms with van der Waals surface area (Å²) in [6, 6.07) is 14.4. The smallest absolute Gasteiger partial charge is 0.303 e. The second-order valence-electron chi connectivity index (χ2n) is 10.3. The highest BCUT2D eigenvalue weighted by molar-refractivity contribution is 5.67. The third-order valence-electron chi connectivity index (χ3n) is 6.94. The number of aliphatic carboxylic acids is 1. The van der Waals surface area contributed by atoms with Crippen molar-refractivity contribution in [3.8, 4) is 5.75 Å². The molecule has 1 unspecified atom stereocenters. The molecule has 1 aliphatic rings. The van der Waals surface area contributed by atoms with Crippen molar-refractivity contribution in [2.75, 3.05) is 20.3 Å². The van der Waals surface area contributed by atoms with Crippen LogP contribution in [0.15, 0.2) is 42.5 Å². The molecule has 192 valence electrons. The molecule has 0 saturated carbocycles. The molecule has 0 bridgehead atoms. The SMILES string of the molecule is CCC(OC[C@H](O)CNC(C)(C)CC1Cc2ccccc2C1)c1cccc(OC)c1CCC(=O)O. The number of hydrogen-bond donors (Lipinski definition) is 3. The lowest BCUT2D eigenvalue weighted by molar-refractivity contribution is -0.136. The van der Waals surface area contributed by atoms with E-state index in [2.05, 4.69) is 43.4 Å². The molecular formula is C29H41NO5. The zero-order valence-electron chi connectivity index (χ0n) is 21.5. The monoisotopic (exact) mass is 483 g/mol. The number of carboxylic acid groups (broad SMARTS) is 1. The minimum absolute atomic E-state index is 0.0253. The van der Waals surface area contributed by atoms with Crippen LogP contribution in [0.1, 0.15) is 68.4 Å². The van der Waals surface area contributed by atoms with E-state index < -0.39 is 12.1 Å². The highest BCUT2D eigenvalue weighted by Gasteiger charge is 2.28. The molecule has 35 heavy (non-hydrogen) atoms. The first-order chi connectivity index (χ1) is 16.7. The van der Waals surface area contributed by atoms with Crippen molar-refractivity contribution in [2.24, 2.45) is 5.92 Å². The molecule has 0 aliphatic heterocycles. The molecule has 3 rings (SSSR count). The van der Waals surface area contributed by atoms with Crippen molar-refractivity contribution in [3.63, 3.8) is 0 Å². The van der Waals surface area contributed by atoms with Crippen molar-refractivity contribution in [1.82, 2.24) is 5.32 Å². The average Bonchev–Trinajstić information content (AvgIpc) is 3.23. The molecule has 2 aromatic carbocycles. The van der Waals surface area contributed by atoms with Gasteiger partial charge in [-0.3, -0.25) is 4.79 Å². The summed E-state index contributed by atoms with van der Waals surface area (Å²) in [6.07, 6.45) is 3.51. The second-order valence-corrected chi connectivity index (χ2v) is 10.3. The Bertz CT molecular complexity index is 948. The topological polar surface area (TPSA) is 88.0 Å². The lowest BCUT2D eigenvalue weighted by Gasteiger charge is -2.31. The Labute approximate surface area is 209 Å². The number of aliphatic hydroxyl groups is 1. The third-order valence-corrected chi connectivity index (χ3v) is 6.94. The Morgan fingerprint density at radius 2 is 1.83 bits per heavy atom. The van der Waals surface area contributed by atoms with Gasteiger partial charge in [-0.25, -0.2) is 0 Å². The third kappa shape index (κ3) is 7.79. The fourth-order valence-corrected chi connectivity index (χ4v) is 5.27. The van der Waals surface area contributed by atoms with Gasteiger partial charge in [0.05, 0.1) is 25.9 Å². The molecule has 0 heterocycles. The number of rotatable bonds is 14. The molecule has 6 nitrogen and oxygen atoms in total. The molecule has 3 N–H and O–H groups in total. The molecule has 2 atom stereocenters. The molecule has 0 aromatic heterocycles. The number of β-amino-alcohol motifs (C(OH)–C–C–N with tert-alkyl or cyclic N) is 1. The van der Waals surface area contributed by atoms with Crippen LogP contribution in [-0.4, -0.2) is 48.1 Å². The summed E-state index contributed by atoms with van der Waals surface area (Å²) in [6.45, 7) is 7.07. The van der Waals surface area contributed by atoms with Crippen molar-refractivity contribution >= 4 is 5.97 Å². The van der Waals surface area contributed by atoms with Gasteiger partial charge in [0.25, 0.3) is 0 Å². The van der Waals surface area contributed by atoms with Crippen LogP contribution in [0.5, 0.6) is 5.75 Å². The summed E-state index contributed by atoms with van der Waals surface area (Å²) in [5.74, 6) is 0.440. The van der Waals surface area contributed by atoms with Crippen LogP contribution < -0.4 is 10.1 Å². The predicted octanol–water partition coefficient (Wildman–Crippen LogP) is 4.71. The Hall–Kier alpha value is -2.41. The number of methoxy groups -OCH3 is 1. The van der Waals surface area contributed by atoms with Crippen LogP contribution in [0.3, 0.4) is 0 Å². The van der Waals surface area contributed by atoms with Gasteiger partial charge in [-0.15, -0.1) is 0 Å². The van der Waals surface area contributed by atoms with E-state index in [1.54, 1.807) is 7.11 Å². The van der Waals surface area contributed by atoms with Crippen LogP contribution >= 0.6 is 0 Å². The molecule has 6 heteroatoms. The van der Waals surface area contributed by atoms with E-state index in [1.165, 1.54) is 11.1 Å². The number of hydrogen-bond acceptors (Lipinski definition) is 5. The first-order valence-corrected chi connectivity index (χ1v) is 12.7. The molecule has 2 aromatic rings. The van der Waals surface area contributed by atoms with E-state index in [0.29, 0.717) is 31.1 Å². The maximum atomic E-state index is 11.1. The number of benzene rings is 2. The van der Waals surface area contributed by atoms with Crippen molar-refractivity contribution in [1.29, 1.82) is 0 Å². The van der Waals surface area contributed by atoms with Gasteiger partial charge in [-0.05, 0) is 74.6 Å². The summed E-state index contributed by atoms with van der Waals surface area (Å²) in [4.78, 5) is 11.1. The highest BCUT2D eigenvalue weighted by atomic mass is 16.5. The standard InChI is InChI=1S/C29H41NO5/c1-5-26(24-11-8-12-27(34-4)25(24)13-14-28(32)33)35-19-23(31)18-30-29(2,3)17-20-15-21-9-6-7-10-22(21)16-20/h6-12,20,23,26,30-31H,5,13-19H2,1-4H3,(H,32,33)/t23-,26?/m1/s1. The van der Waals surface area contributed by atoms with Gasteiger partial charge in [0.1, 0.15) is 5.75 Å². The van der Waals surface area contributed by atoms with Crippen LogP contribution in [0.2, 0.25) is 0 Å². The molecule has 0 fully saturated rings. The molecular weight excluding hydrogens is 442 g/mol. The Morgan fingerprint density at radius 3 is 2.43 bits per heavy atom. The first-order valence-electron chi connectivity index (χ1n) is 12.7. The summed E-state index contributed by atoms with van der Waals surface area (Å²) >= 11 is 0. The fourth-order valence-electron chi connectivity index (χ4n) is 5.27. The van der Waals surface area contributed by atoms with E-state index in [4.69, 9.17) is 14.6 Å². The largest absolute Gasteiger partial charge is 0.496 e. The number of aliphatic hydroxyl groups excluding tert-OH is 1. The van der Waals surface area contributed by atoms with Crippen LogP contribution in [-0.2, 0) is 28.8 Å². The molecule has 1 aliphatic carbocycles. The van der Waals surface area contributed by atoms with Crippen molar-refractivity contribution in [2.45, 2.75) is 77.0 Å². The molecule has 0 amide bonds. The highest BCUT2D eigenvalue weighted by Crippen LogP contribution is 2.33. The summed E-state index contributed by atoms with van der Waals surface area (Å²) in [7, 11) is 1.59. The fraction of sp³-hybridized carbons (Fsp3) is 0.552. The van der Waals surface area contributed by atoms with E-state index in [-0.39, 0.29) is 24.7 Å². The molecule has 0 spiro atoms. The Balaban J connectivity index is 1.52. The average molecular weight is 484 g/mol. The maximum Gasteiger partial charge on any atom is 0.303 e. The lowest BCUT2D eigenvalue weighted by atomic mass is 9.88. The van der Waals surface area contributed by atoms with Gasteiger partial charge in [-0.2, -0.15) is 0 Å². The van der Waals surface area contributed by atoms with Crippen LogP contribution in [0.4, 0.5) is 0 Å². The van der Waals surface area contributed by atoms with Crippen LogP contribution in [0.25, 0.3) is 0 Å². The quantitative estimate of drug-likeness (QED) is 0.361. The van der Waals surface area contributed by atoms with Gasteiger partial charge in [0, 0.05) is 24.1 Å². The number of ether oxygens (including phenoxy) is 2. The van der Waals surface area contributed by atoms with Crippen LogP contribution in [0, 0.1) is 5.92 Å². The van der Waals surface area contributed by atoms with Gasteiger partial charge in [0.2, 0.25) is 0 Å². The predicted molar refractivity (Wildman–Crippen MR) is 138 cm³/mol. The van der Waals surface area contributed by atoms with Gasteiger partial charge < -0.3 is 25.0 Å². The van der Waals surface area contributed by atoms with Gasteiger partial charge in [0.15, 0.2) is 0 Å². The minimum Gasteiger partial charge on any atom is -0.496 e. The van der Waals surface area contributed by atoms with Crippen molar-refractivity contribution < 1.29 is 24.5 Å². The zero-order valence-corrected chi connectivity index (χ0v) is 21.5. The number of carbonyl (C=O) groups is 1. The maximum absolute atomic E-state index is 11.1. The van der Waals surface area contributed by atoms with Gasteiger partial charge in [-0.1, -0.05) is 43.3 Å². The first kappa shape index (κ1) is 27.2. The van der Waals surface area contributed by atoms with E-state index in [9.17, 15) is 9.90 Å². The molecule has 0 radical (unpaired) electrons. The normalized spacial score (nSPS) is 15.6. The zero-order chi connectivity index (χ0) is 25.4. The van der Waals surface area contributed by atoms with E-state index >= 15 is 0 Å². The van der Waals surface area contributed by atoms with Gasteiger partial charge >= 0.3 is 5.97 Å².